The summed E-state index contributed by atoms with van der Waals surface area (Å²) in [7, 11) is 0. The van der Waals surface area contributed by atoms with Gasteiger partial charge in [0.2, 0.25) is 0 Å². The first-order chi connectivity index (χ1) is 13.6. The molecular formula is C23H18ClFN2O. The molecule has 4 rings (SSSR count). The van der Waals surface area contributed by atoms with E-state index in [0.717, 1.165) is 22.0 Å². The van der Waals surface area contributed by atoms with Crippen LogP contribution in [0.5, 0.6) is 0 Å². The maximum Gasteiger partial charge on any atom is 0.255 e. The summed E-state index contributed by atoms with van der Waals surface area (Å²) in [5.41, 5.74) is 3.03. The molecule has 1 aromatic heterocycles. The number of carbonyl (C=O) groups excluding carboxylic acids is 1. The predicted molar refractivity (Wildman–Crippen MR) is 110 cm³/mol. The Kier molecular flexibility index (Phi) is 5.13. The number of para-hydroxylation sites is 1. The van der Waals surface area contributed by atoms with E-state index >= 15 is 0 Å². The molecule has 5 heteroatoms. The molecule has 0 aliphatic heterocycles. The van der Waals surface area contributed by atoms with Crippen LogP contribution in [0.1, 0.15) is 27.4 Å². The van der Waals surface area contributed by atoms with E-state index in [0.29, 0.717) is 6.54 Å². The number of halogens is 2. The van der Waals surface area contributed by atoms with Crippen LogP contribution in [-0.2, 0) is 0 Å². The Balaban J connectivity index is 1.67. The van der Waals surface area contributed by atoms with Gasteiger partial charge in [0.1, 0.15) is 5.82 Å². The normalized spacial score (nSPS) is 12.1. The van der Waals surface area contributed by atoms with Gasteiger partial charge in [0.25, 0.3) is 5.91 Å². The number of amides is 1. The highest BCUT2D eigenvalue weighted by Gasteiger charge is 2.21. The summed E-state index contributed by atoms with van der Waals surface area (Å²) in [4.78, 5) is 15.9. The topological polar surface area (TPSA) is 44.9 Å². The molecule has 0 aliphatic rings. The van der Waals surface area contributed by atoms with Crippen LogP contribution < -0.4 is 5.32 Å². The Bertz CT molecular complexity index is 1100. The van der Waals surface area contributed by atoms with Gasteiger partial charge in [-0.05, 0) is 29.3 Å². The van der Waals surface area contributed by atoms with Crippen LogP contribution in [0, 0.1) is 5.82 Å². The largest absolute Gasteiger partial charge is 0.361 e. The van der Waals surface area contributed by atoms with Crippen molar-refractivity contribution in [3.63, 3.8) is 0 Å². The zero-order valence-electron chi connectivity index (χ0n) is 15.0. The number of aromatic nitrogens is 1. The van der Waals surface area contributed by atoms with Gasteiger partial charge in [-0.2, -0.15) is 0 Å². The van der Waals surface area contributed by atoms with Crippen LogP contribution in [0.2, 0.25) is 5.02 Å². The lowest BCUT2D eigenvalue weighted by Crippen LogP contribution is -2.29. The third-order valence-corrected chi connectivity index (χ3v) is 5.17. The molecular weight excluding hydrogens is 375 g/mol. The van der Waals surface area contributed by atoms with Gasteiger partial charge in [-0.3, -0.25) is 4.79 Å². The highest BCUT2D eigenvalue weighted by Crippen LogP contribution is 2.30. The van der Waals surface area contributed by atoms with Gasteiger partial charge >= 0.3 is 0 Å². The lowest BCUT2D eigenvalue weighted by Gasteiger charge is -2.18. The molecule has 1 unspecified atom stereocenters. The van der Waals surface area contributed by atoms with E-state index in [2.05, 4.69) is 10.3 Å². The van der Waals surface area contributed by atoms with Gasteiger partial charge in [0.05, 0.1) is 10.6 Å². The lowest BCUT2D eigenvalue weighted by atomic mass is 9.91. The molecule has 0 saturated heterocycles. The maximum absolute atomic E-state index is 14.1. The second kappa shape index (κ2) is 7.87. The average molecular weight is 393 g/mol. The zero-order valence-corrected chi connectivity index (χ0v) is 15.7. The molecule has 28 heavy (non-hydrogen) atoms. The van der Waals surface area contributed by atoms with E-state index < -0.39 is 11.7 Å². The molecule has 0 aliphatic carbocycles. The van der Waals surface area contributed by atoms with Crippen LogP contribution >= 0.6 is 11.6 Å². The molecule has 3 aromatic carbocycles. The van der Waals surface area contributed by atoms with Crippen LogP contribution in [0.3, 0.4) is 0 Å². The molecule has 3 nitrogen and oxygen atoms in total. The Morgan fingerprint density at radius 2 is 1.75 bits per heavy atom. The van der Waals surface area contributed by atoms with Crippen molar-refractivity contribution in [2.24, 2.45) is 0 Å². The predicted octanol–water partition coefficient (Wildman–Crippen LogP) is 5.52. The smallest absolute Gasteiger partial charge is 0.255 e. The first kappa shape index (κ1) is 18.3. The standard InChI is InChI=1S/C23H18ClFN2O/c24-19-10-6-11-20(25)22(19)23(28)27-13-17(15-7-2-1-3-8-15)18-14-26-21-12-5-4-9-16(18)21/h1-12,14,17,26H,13H2,(H,27,28). The summed E-state index contributed by atoms with van der Waals surface area (Å²) in [6, 6.07) is 22.2. The van der Waals surface area contributed by atoms with Crippen molar-refractivity contribution >= 4 is 28.4 Å². The number of rotatable bonds is 5. The quantitative estimate of drug-likeness (QED) is 0.461. The molecule has 0 bridgehead atoms. The van der Waals surface area contributed by atoms with Crippen LogP contribution in [0.4, 0.5) is 4.39 Å². The van der Waals surface area contributed by atoms with Crippen LogP contribution in [0.15, 0.2) is 79.0 Å². The van der Waals surface area contributed by atoms with Crippen LogP contribution in [0.25, 0.3) is 10.9 Å². The number of carbonyl (C=O) groups is 1. The second-order valence-electron chi connectivity index (χ2n) is 6.56. The van der Waals surface area contributed by atoms with Crippen molar-refractivity contribution in [3.05, 3.63) is 107 Å². The molecule has 0 saturated carbocycles. The van der Waals surface area contributed by atoms with E-state index in [1.165, 1.54) is 18.2 Å². The van der Waals surface area contributed by atoms with Gasteiger partial charge in [-0.25, -0.2) is 4.39 Å². The monoisotopic (exact) mass is 392 g/mol. The summed E-state index contributed by atoms with van der Waals surface area (Å²) in [5, 5.41) is 4.05. The highest BCUT2D eigenvalue weighted by molar-refractivity contribution is 6.33. The minimum atomic E-state index is -0.631. The van der Waals surface area contributed by atoms with E-state index in [4.69, 9.17) is 11.6 Å². The van der Waals surface area contributed by atoms with Crippen molar-refractivity contribution in [3.8, 4) is 0 Å². The summed E-state index contributed by atoms with van der Waals surface area (Å²) in [6.07, 6.45) is 1.96. The lowest BCUT2D eigenvalue weighted by molar-refractivity contribution is 0.0948. The maximum atomic E-state index is 14.1. The van der Waals surface area contributed by atoms with Crippen molar-refractivity contribution in [2.45, 2.75) is 5.92 Å². The van der Waals surface area contributed by atoms with E-state index in [1.54, 1.807) is 0 Å². The summed E-state index contributed by atoms with van der Waals surface area (Å²) < 4.78 is 14.1. The third kappa shape index (κ3) is 3.51. The molecule has 2 N–H and O–H groups in total. The van der Waals surface area contributed by atoms with Gasteiger partial charge in [-0.15, -0.1) is 0 Å². The highest BCUT2D eigenvalue weighted by atomic mass is 35.5. The first-order valence-electron chi connectivity index (χ1n) is 8.98. The van der Waals surface area contributed by atoms with Gasteiger partial charge in [0.15, 0.2) is 0 Å². The van der Waals surface area contributed by atoms with Gasteiger partial charge in [0, 0.05) is 29.6 Å². The Labute approximate surface area is 167 Å². The average Bonchev–Trinajstić information content (AvgIpc) is 3.13. The van der Waals surface area contributed by atoms with E-state index in [-0.39, 0.29) is 16.5 Å². The number of H-pyrrole nitrogens is 1. The van der Waals surface area contributed by atoms with Crippen molar-refractivity contribution < 1.29 is 9.18 Å². The third-order valence-electron chi connectivity index (χ3n) is 4.86. The summed E-state index contributed by atoms with van der Waals surface area (Å²) in [5.74, 6) is -1.25. The van der Waals surface area contributed by atoms with E-state index in [9.17, 15) is 9.18 Å². The van der Waals surface area contributed by atoms with Crippen molar-refractivity contribution in [1.29, 1.82) is 0 Å². The number of nitrogens with one attached hydrogen (secondary N) is 2. The Hall–Kier alpha value is -3.11. The van der Waals surface area contributed by atoms with Crippen LogP contribution in [-0.4, -0.2) is 17.4 Å². The summed E-state index contributed by atoms with van der Waals surface area (Å²) in [6.45, 7) is 0.315. The fourth-order valence-electron chi connectivity index (χ4n) is 3.47. The number of benzene rings is 3. The molecule has 4 aromatic rings. The molecule has 0 fully saturated rings. The summed E-state index contributed by atoms with van der Waals surface area (Å²) >= 11 is 6.03. The SMILES string of the molecule is O=C(NCC(c1ccccc1)c1c[nH]c2ccccc12)c1c(F)cccc1Cl. The van der Waals surface area contributed by atoms with Crippen molar-refractivity contribution in [2.75, 3.05) is 6.54 Å². The number of hydrogen-bond acceptors (Lipinski definition) is 1. The zero-order chi connectivity index (χ0) is 19.5. The molecule has 0 radical (unpaired) electrons. The van der Waals surface area contributed by atoms with Gasteiger partial charge in [-0.1, -0.05) is 66.2 Å². The Morgan fingerprint density at radius 3 is 2.54 bits per heavy atom. The molecule has 1 amide bonds. The number of fused-ring (bicyclic) bond motifs is 1. The molecule has 1 atom stereocenters. The number of aromatic amines is 1. The second-order valence-corrected chi connectivity index (χ2v) is 6.97. The molecule has 140 valence electrons. The minimum absolute atomic E-state index is 0.0909. The van der Waals surface area contributed by atoms with Crippen molar-refractivity contribution in [1.82, 2.24) is 10.3 Å². The fraction of sp³-hybridized carbons (Fsp3) is 0.0870. The van der Waals surface area contributed by atoms with Gasteiger partial charge < -0.3 is 10.3 Å². The molecule has 1 heterocycles. The number of hydrogen-bond donors (Lipinski definition) is 2. The first-order valence-corrected chi connectivity index (χ1v) is 9.36. The van der Waals surface area contributed by atoms with E-state index in [1.807, 2.05) is 60.8 Å². The Morgan fingerprint density at radius 1 is 1.00 bits per heavy atom. The molecule has 0 spiro atoms. The fourth-order valence-corrected chi connectivity index (χ4v) is 3.72. The minimum Gasteiger partial charge on any atom is -0.361 e.